The van der Waals surface area contributed by atoms with E-state index in [1.54, 1.807) is 36.4 Å². The summed E-state index contributed by atoms with van der Waals surface area (Å²) < 4.78 is 25.3. The van der Waals surface area contributed by atoms with Crippen LogP contribution in [0.5, 0.6) is 5.75 Å². The third-order valence-electron chi connectivity index (χ3n) is 4.67. The molecular weight excluding hydrogens is 399 g/mol. The number of nitrogens with one attached hydrogen (secondary N) is 1. The molecule has 152 valence electrons. The fourth-order valence-electron chi connectivity index (χ4n) is 3.15. The van der Waals surface area contributed by atoms with Crippen molar-refractivity contribution in [3.8, 4) is 28.5 Å². The first-order valence-corrected chi connectivity index (χ1v) is 9.47. The summed E-state index contributed by atoms with van der Waals surface area (Å²) in [7, 11) is 0. The third kappa shape index (κ3) is 3.78. The quantitative estimate of drug-likeness (QED) is 0.459. The second-order valence-electron chi connectivity index (χ2n) is 6.74. The molecule has 0 amide bonds. The highest BCUT2D eigenvalue weighted by Gasteiger charge is 2.16. The number of ether oxygens (including phenoxy) is 1. The molecule has 0 aliphatic rings. The SMILES string of the molecule is O=c1[nH]c(-c2ccc(F)c(-c3noc(COc4ccccc4)n3)c2)nc2ccccc12. The van der Waals surface area contributed by atoms with Crippen LogP contribution in [0, 0.1) is 5.82 Å². The maximum atomic E-state index is 14.5. The lowest BCUT2D eigenvalue weighted by molar-refractivity contribution is 0.243. The Morgan fingerprint density at radius 1 is 0.968 bits per heavy atom. The molecule has 0 radical (unpaired) electrons. The van der Waals surface area contributed by atoms with Crippen molar-refractivity contribution >= 4 is 10.9 Å². The lowest BCUT2D eigenvalue weighted by atomic mass is 10.1. The average molecular weight is 414 g/mol. The molecule has 2 heterocycles. The summed E-state index contributed by atoms with van der Waals surface area (Å²) in [4.78, 5) is 23.8. The predicted molar refractivity (Wildman–Crippen MR) is 112 cm³/mol. The maximum absolute atomic E-state index is 14.5. The fraction of sp³-hybridized carbons (Fsp3) is 0.0435. The normalized spacial score (nSPS) is 11.0. The van der Waals surface area contributed by atoms with Gasteiger partial charge in [0.2, 0.25) is 5.82 Å². The lowest BCUT2D eigenvalue weighted by Crippen LogP contribution is -2.09. The molecule has 31 heavy (non-hydrogen) atoms. The molecule has 5 aromatic rings. The van der Waals surface area contributed by atoms with Crippen LogP contribution in [-0.2, 0) is 6.61 Å². The Bertz CT molecular complexity index is 1430. The number of para-hydroxylation sites is 2. The zero-order valence-corrected chi connectivity index (χ0v) is 16.1. The van der Waals surface area contributed by atoms with Gasteiger partial charge in [-0.15, -0.1) is 0 Å². The number of hydrogen-bond donors (Lipinski definition) is 1. The molecule has 0 saturated heterocycles. The van der Waals surface area contributed by atoms with Gasteiger partial charge in [-0.2, -0.15) is 4.98 Å². The molecule has 0 atom stereocenters. The molecule has 2 aromatic heterocycles. The van der Waals surface area contributed by atoms with Crippen LogP contribution >= 0.6 is 0 Å². The number of halogens is 1. The average Bonchev–Trinajstić information content (AvgIpc) is 3.27. The van der Waals surface area contributed by atoms with Crippen molar-refractivity contribution in [1.29, 1.82) is 0 Å². The largest absolute Gasteiger partial charge is 0.484 e. The highest BCUT2D eigenvalue weighted by Crippen LogP contribution is 2.26. The lowest BCUT2D eigenvalue weighted by Gasteiger charge is -2.05. The summed E-state index contributed by atoms with van der Waals surface area (Å²) >= 11 is 0. The molecule has 0 saturated carbocycles. The zero-order valence-electron chi connectivity index (χ0n) is 16.1. The first kappa shape index (κ1) is 18.7. The molecule has 0 spiro atoms. The van der Waals surface area contributed by atoms with Crippen molar-refractivity contribution < 1.29 is 13.7 Å². The van der Waals surface area contributed by atoms with Crippen molar-refractivity contribution in [3.05, 3.63) is 94.9 Å². The van der Waals surface area contributed by atoms with E-state index in [1.807, 2.05) is 18.2 Å². The number of rotatable bonds is 5. The molecule has 8 heteroatoms. The summed E-state index contributed by atoms with van der Waals surface area (Å²) in [6.45, 7) is 0.0534. The Kier molecular flexibility index (Phi) is 4.72. The van der Waals surface area contributed by atoms with Crippen LogP contribution in [0.15, 0.2) is 82.1 Å². The first-order valence-electron chi connectivity index (χ1n) is 9.47. The third-order valence-corrected chi connectivity index (χ3v) is 4.67. The van der Waals surface area contributed by atoms with E-state index in [-0.39, 0.29) is 29.4 Å². The van der Waals surface area contributed by atoms with Crippen LogP contribution in [-0.4, -0.2) is 20.1 Å². The van der Waals surface area contributed by atoms with E-state index >= 15 is 0 Å². The van der Waals surface area contributed by atoms with E-state index < -0.39 is 5.82 Å². The molecule has 0 aliphatic carbocycles. The fourth-order valence-corrected chi connectivity index (χ4v) is 3.15. The predicted octanol–water partition coefficient (Wildman–Crippen LogP) is 4.36. The second kappa shape index (κ2) is 7.83. The van der Waals surface area contributed by atoms with E-state index in [1.165, 1.54) is 18.2 Å². The molecule has 1 N–H and O–H groups in total. The minimum atomic E-state index is -0.525. The van der Waals surface area contributed by atoms with E-state index in [0.29, 0.717) is 28.0 Å². The Morgan fingerprint density at radius 3 is 2.65 bits per heavy atom. The van der Waals surface area contributed by atoms with Gasteiger partial charge in [0.1, 0.15) is 17.4 Å². The summed E-state index contributed by atoms with van der Waals surface area (Å²) in [6, 6.07) is 20.5. The second-order valence-corrected chi connectivity index (χ2v) is 6.74. The van der Waals surface area contributed by atoms with Crippen LogP contribution in [0.2, 0.25) is 0 Å². The Hall–Kier alpha value is -4.33. The number of hydrogen-bond acceptors (Lipinski definition) is 6. The molecule has 0 fully saturated rings. The summed E-state index contributed by atoms with van der Waals surface area (Å²) in [6.07, 6.45) is 0. The van der Waals surface area contributed by atoms with Gasteiger partial charge >= 0.3 is 0 Å². The highest BCUT2D eigenvalue weighted by atomic mass is 19.1. The summed E-state index contributed by atoms with van der Waals surface area (Å²) in [5.74, 6) is 0.737. The molecule has 0 bridgehead atoms. The van der Waals surface area contributed by atoms with E-state index in [9.17, 15) is 9.18 Å². The molecule has 7 nitrogen and oxygen atoms in total. The summed E-state index contributed by atoms with van der Waals surface area (Å²) in [5, 5.41) is 4.34. The molecule has 0 aliphatic heterocycles. The maximum Gasteiger partial charge on any atom is 0.264 e. The van der Waals surface area contributed by atoms with Gasteiger partial charge in [-0.3, -0.25) is 4.79 Å². The number of H-pyrrole nitrogens is 1. The minimum absolute atomic E-state index is 0.0534. The Morgan fingerprint density at radius 2 is 1.77 bits per heavy atom. The number of aromatic amines is 1. The standard InChI is InChI=1S/C23H15FN4O3/c24-18-11-10-14(21-25-19-9-5-4-8-16(19)23(29)27-21)12-17(18)22-26-20(31-28-22)13-30-15-6-2-1-3-7-15/h1-12H,13H2,(H,25,27,29). The molecule has 3 aromatic carbocycles. The van der Waals surface area contributed by atoms with Gasteiger partial charge in [0, 0.05) is 5.56 Å². The van der Waals surface area contributed by atoms with Crippen molar-refractivity contribution in [1.82, 2.24) is 20.1 Å². The molecular formula is C23H15FN4O3. The Balaban J connectivity index is 1.46. The number of nitrogens with zero attached hydrogens (tertiary/aromatic N) is 3. The van der Waals surface area contributed by atoms with Gasteiger partial charge in [-0.05, 0) is 42.5 Å². The van der Waals surface area contributed by atoms with Gasteiger partial charge < -0.3 is 14.2 Å². The number of aromatic nitrogens is 4. The van der Waals surface area contributed by atoms with Crippen LogP contribution in [0.25, 0.3) is 33.7 Å². The van der Waals surface area contributed by atoms with Crippen LogP contribution in [0.3, 0.4) is 0 Å². The van der Waals surface area contributed by atoms with Gasteiger partial charge in [-0.25, -0.2) is 9.37 Å². The van der Waals surface area contributed by atoms with E-state index in [2.05, 4.69) is 20.1 Å². The van der Waals surface area contributed by atoms with Gasteiger partial charge in [0.05, 0.1) is 16.5 Å². The first-order chi connectivity index (χ1) is 15.2. The van der Waals surface area contributed by atoms with Crippen LogP contribution in [0.1, 0.15) is 5.89 Å². The van der Waals surface area contributed by atoms with Gasteiger partial charge in [0.15, 0.2) is 6.61 Å². The Labute approximate surface area is 175 Å². The molecule has 5 rings (SSSR count). The smallest absolute Gasteiger partial charge is 0.264 e. The minimum Gasteiger partial charge on any atom is -0.484 e. The summed E-state index contributed by atoms with van der Waals surface area (Å²) in [5.41, 5.74) is 0.924. The topological polar surface area (TPSA) is 93.9 Å². The van der Waals surface area contributed by atoms with Gasteiger partial charge in [0.25, 0.3) is 11.4 Å². The van der Waals surface area contributed by atoms with E-state index in [4.69, 9.17) is 9.26 Å². The number of benzene rings is 3. The van der Waals surface area contributed by atoms with E-state index in [0.717, 1.165) is 0 Å². The van der Waals surface area contributed by atoms with Crippen molar-refractivity contribution in [2.75, 3.05) is 0 Å². The highest BCUT2D eigenvalue weighted by molar-refractivity contribution is 5.79. The van der Waals surface area contributed by atoms with Crippen LogP contribution in [0.4, 0.5) is 4.39 Å². The monoisotopic (exact) mass is 414 g/mol. The van der Waals surface area contributed by atoms with Crippen molar-refractivity contribution in [2.24, 2.45) is 0 Å². The van der Waals surface area contributed by atoms with Crippen LogP contribution < -0.4 is 10.3 Å². The number of fused-ring (bicyclic) bond motifs is 1. The molecule has 0 unspecified atom stereocenters. The van der Waals surface area contributed by atoms with Crippen molar-refractivity contribution in [2.45, 2.75) is 6.61 Å². The van der Waals surface area contributed by atoms with Crippen molar-refractivity contribution in [3.63, 3.8) is 0 Å². The zero-order chi connectivity index (χ0) is 21.2. The van der Waals surface area contributed by atoms with Gasteiger partial charge in [-0.1, -0.05) is 35.5 Å².